The molecule has 0 atom stereocenters. The highest BCUT2D eigenvalue weighted by atomic mass is 32.2. The number of carbonyl (C=O) groups excluding carboxylic acids is 2. The fraction of sp³-hybridized carbons (Fsp3) is 0.353. The predicted molar refractivity (Wildman–Crippen MR) is 101 cm³/mol. The number of hydrogen-bond acceptors (Lipinski definition) is 6. The zero-order valence-corrected chi connectivity index (χ0v) is 15.6. The molecular formula is C17H22N4O3S. The van der Waals surface area contributed by atoms with Crippen LogP contribution in [-0.4, -0.2) is 42.6 Å². The standard InChI is InChI=1S/C17H22N4O3S/c1-11-7-13(5-6-14(11)21(3)4)18-16(22)9-25-10-17(23)19-15-8-12(2)24-20-15/h5-8H,9-10H2,1-4H3,(H,18,22)(H,19,20,23). The van der Waals surface area contributed by atoms with Gasteiger partial charge in [-0.05, 0) is 37.6 Å². The van der Waals surface area contributed by atoms with Gasteiger partial charge in [0.15, 0.2) is 5.82 Å². The number of carbonyl (C=O) groups is 2. The van der Waals surface area contributed by atoms with E-state index in [0.717, 1.165) is 16.9 Å². The van der Waals surface area contributed by atoms with E-state index in [4.69, 9.17) is 4.52 Å². The first kappa shape index (κ1) is 18.9. The molecule has 1 heterocycles. The van der Waals surface area contributed by atoms with Crippen LogP contribution in [-0.2, 0) is 9.59 Å². The van der Waals surface area contributed by atoms with Crippen LogP contribution in [0.5, 0.6) is 0 Å². The summed E-state index contributed by atoms with van der Waals surface area (Å²) in [5, 5.41) is 9.13. The van der Waals surface area contributed by atoms with E-state index in [2.05, 4.69) is 15.8 Å². The summed E-state index contributed by atoms with van der Waals surface area (Å²) in [4.78, 5) is 25.8. The van der Waals surface area contributed by atoms with Crippen LogP contribution >= 0.6 is 11.8 Å². The summed E-state index contributed by atoms with van der Waals surface area (Å²) in [6, 6.07) is 7.39. The SMILES string of the molecule is Cc1cc(NC(=O)CSCC(=O)Nc2ccc(N(C)C)c(C)c2)no1. The molecule has 0 aliphatic rings. The molecule has 134 valence electrons. The van der Waals surface area contributed by atoms with Gasteiger partial charge in [0, 0.05) is 31.5 Å². The lowest BCUT2D eigenvalue weighted by molar-refractivity contribution is -0.114. The summed E-state index contributed by atoms with van der Waals surface area (Å²) in [6.07, 6.45) is 0. The lowest BCUT2D eigenvalue weighted by atomic mass is 10.1. The topological polar surface area (TPSA) is 87.5 Å². The van der Waals surface area contributed by atoms with Crippen molar-refractivity contribution in [2.45, 2.75) is 13.8 Å². The Balaban J connectivity index is 1.75. The number of anilines is 3. The Hall–Kier alpha value is -2.48. The van der Waals surface area contributed by atoms with E-state index in [1.807, 2.05) is 44.1 Å². The molecule has 0 radical (unpaired) electrons. The number of benzene rings is 1. The van der Waals surface area contributed by atoms with Crippen LogP contribution in [0.1, 0.15) is 11.3 Å². The molecule has 1 aromatic carbocycles. The Morgan fingerprint density at radius 2 is 1.80 bits per heavy atom. The van der Waals surface area contributed by atoms with Gasteiger partial charge in [-0.2, -0.15) is 0 Å². The van der Waals surface area contributed by atoms with Crippen LogP contribution in [0.15, 0.2) is 28.8 Å². The molecule has 8 heteroatoms. The smallest absolute Gasteiger partial charge is 0.235 e. The average Bonchev–Trinajstić information content (AvgIpc) is 2.91. The van der Waals surface area contributed by atoms with Gasteiger partial charge < -0.3 is 20.1 Å². The molecule has 2 aromatic rings. The maximum absolute atomic E-state index is 12.0. The predicted octanol–water partition coefficient (Wildman–Crippen LogP) is 2.67. The van der Waals surface area contributed by atoms with Crippen LogP contribution < -0.4 is 15.5 Å². The third-order valence-corrected chi connectivity index (χ3v) is 4.26. The highest BCUT2D eigenvalue weighted by Gasteiger charge is 2.09. The summed E-state index contributed by atoms with van der Waals surface area (Å²) in [5.74, 6) is 0.990. The third-order valence-electron chi connectivity index (χ3n) is 3.32. The van der Waals surface area contributed by atoms with Crippen molar-refractivity contribution in [1.82, 2.24) is 5.16 Å². The van der Waals surface area contributed by atoms with Gasteiger partial charge in [0.05, 0.1) is 11.5 Å². The van der Waals surface area contributed by atoms with Crippen LogP contribution in [0, 0.1) is 13.8 Å². The lowest BCUT2D eigenvalue weighted by Gasteiger charge is -2.16. The van der Waals surface area contributed by atoms with E-state index in [-0.39, 0.29) is 23.3 Å². The van der Waals surface area contributed by atoms with Gasteiger partial charge in [0.25, 0.3) is 0 Å². The van der Waals surface area contributed by atoms with E-state index in [9.17, 15) is 9.59 Å². The second kappa shape index (κ2) is 8.57. The summed E-state index contributed by atoms with van der Waals surface area (Å²) < 4.78 is 4.87. The lowest BCUT2D eigenvalue weighted by Crippen LogP contribution is -2.18. The Bertz CT molecular complexity index is 758. The molecule has 0 aliphatic carbocycles. The molecule has 7 nitrogen and oxygen atoms in total. The third kappa shape index (κ3) is 5.82. The van der Waals surface area contributed by atoms with E-state index < -0.39 is 0 Å². The summed E-state index contributed by atoms with van der Waals surface area (Å²) in [7, 11) is 3.95. The van der Waals surface area contributed by atoms with Crippen LogP contribution in [0.3, 0.4) is 0 Å². The summed E-state index contributed by atoms with van der Waals surface area (Å²) >= 11 is 1.24. The molecule has 0 spiro atoms. The molecule has 2 amide bonds. The van der Waals surface area contributed by atoms with Gasteiger partial charge in [-0.3, -0.25) is 9.59 Å². The quantitative estimate of drug-likeness (QED) is 0.787. The van der Waals surface area contributed by atoms with Crippen molar-refractivity contribution in [3.05, 3.63) is 35.6 Å². The molecule has 25 heavy (non-hydrogen) atoms. The fourth-order valence-electron chi connectivity index (χ4n) is 2.27. The van der Waals surface area contributed by atoms with Gasteiger partial charge in [-0.15, -0.1) is 11.8 Å². The minimum absolute atomic E-state index is 0.146. The fourth-order valence-corrected chi connectivity index (χ4v) is 2.89. The van der Waals surface area contributed by atoms with Gasteiger partial charge in [0.1, 0.15) is 5.76 Å². The summed E-state index contributed by atoms with van der Waals surface area (Å²) in [6.45, 7) is 3.74. The number of nitrogens with zero attached hydrogens (tertiary/aromatic N) is 2. The minimum Gasteiger partial charge on any atom is -0.377 e. The minimum atomic E-state index is -0.225. The Morgan fingerprint density at radius 1 is 1.12 bits per heavy atom. The number of aryl methyl sites for hydroxylation is 2. The Morgan fingerprint density at radius 3 is 2.36 bits per heavy atom. The maximum Gasteiger partial charge on any atom is 0.235 e. The number of rotatable bonds is 7. The zero-order valence-electron chi connectivity index (χ0n) is 14.8. The van der Waals surface area contributed by atoms with Crippen molar-refractivity contribution in [3.63, 3.8) is 0 Å². The number of amides is 2. The van der Waals surface area contributed by atoms with Crippen molar-refractivity contribution < 1.29 is 14.1 Å². The van der Waals surface area contributed by atoms with Crippen LogP contribution in [0.4, 0.5) is 17.2 Å². The van der Waals surface area contributed by atoms with Crippen molar-refractivity contribution in [1.29, 1.82) is 0 Å². The van der Waals surface area contributed by atoms with E-state index >= 15 is 0 Å². The molecule has 0 saturated heterocycles. The van der Waals surface area contributed by atoms with E-state index in [0.29, 0.717) is 11.6 Å². The molecule has 0 saturated carbocycles. The molecule has 2 N–H and O–H groups in total. The highest BCUT2D eigenvalue weighted by molar-refractivity contribution is 8.00. The first-order valence-corrected chi connectivity index (χ1v) is 8.89. The van der Waals surface area contributed by atoms with Gasteiger partial charge in [-0.1, -0.05) is 5.16 Å². The molecule has 0 aliphatic heterocycles. The normalized spacial score (nSPS) is 10.4. The first-order chi connectivity index (χ1) is 11.8. The number of aromatic nitrogens is 1. The second-order valence-electron chi connectivity index (χ2n) is 5.81. The van der Waals surface area contributed by atoms with E-state index in [1.165, 1.54) is 11.8 Å². The molecule has 0 bridgehead atoms. The van der Waals surface area contributed by atoms with Gasteiger partial charge >= 0.3 is 0 Å². The molecule has 1 aromatic heterocycles. The summed E-state index contributed by atoms with van der Waals surface area (Å²) in [5.41, 5.74) is 2.93. The Kier molecular flexibility index (Phi) is 6.46. The van der Waals surface area contributed by atoms with Crippen LogP contribution in [0.2, 0.25) is 0 Å². The van der Waals surface area contributed by atoms with Crippen molar-refractivity contribution in [2.24, 2.45) is 0 Å². The molecule has 2 rings (SSSR count). The van der Waals surface area contributed by atoms with E-state index in [1.54, 1.807) is 13.0 Å². The largest absolute Gasteiger partial charge is 0.377 e. The molecular weight excluding hydrogens is 340 g/mol. The highest BCUT2D eigenvalue weighted by Crippen LogP contribution is 2.21. The molecule has 0 fully saturated rings. The number of nitrogens with one attached hydrogen (secondary N) is 2. The average molecular weight is 362 g/mol. The van der Waals surface area contributed by atoms with Crippen LogP contribution in [0.25, 0.3) is 0 Å². The monoisotopic (exact) mass is 362 g/mol. The van der Waals surface area contributed by atoms with Gasteiger partial charge in [-0.25, -0.2) is 0 Å². The Labute approximate surface area is 151 Å². The second-order valence-corrected chi connectivity index (χ2v) is 6.79. The van der Waals surface area contributed by atoms with Crippen molar-refractivity contribution >= 4 is 40.8 Å². The van der Waals surface area contributed by atoms with Crippen molar-refractivity contribution in [3.8, 4) is 0 Å². The molecule has 0 unspecified atom stereocenters. The zero-order chi connectivity index (χ0) is 18.4. The number of hydrogen-bond donors (Lipinski definition) is 2. The number of thioether (sulfide) groups is 1. The maximum atomic E-state index is 12.0. The van der Waals surface area contributed by atoms with Crippen molar-refractivity contribution in [2.75, 3.05) is 41.1 Å². The van der Waals surface area contributed by atoms with Gasteiger partial charge in [0.2, 0.25) is 11.8 Å². The first-order valence-electron chi connectivity index (χ1n) is 7.74.